The molecule has 0 aromatic carbocycles. The van der Waals surface area contributed by atoms with Crippen LogP contribution in [0.1, 0.15) is 20.3 Å². The Morgan fingerprint density at radius 3 is 2.60 bits per heavy atom. The molecule has 0 N–H and O–H groups in total. The molecule has 0 bridgehead atoms. The summed E-state index contributed by atoms with van der Waals surface area (Å²) < 4.78 is 5.43. The molecule has 0 aliphatic heterocycles. The van der Waals surface area contributed by atoms with Gasteiger partial charge in [0, 0.05) is 11.4 Å². The molecule has 0 saturated carbocycles. The predicted molar refractivity (Wildman–Crippen MR) is 48.6 cm³/mol. The number of halogens is 1. The fraction of sp³-hybridized carbons (Fsp3) is 0.750. The molecule has 0 radical (unpaired) electrons. The van der Waals surface area contributed by atoms with Gasteiger partial charge in [0.05, 0.1) is 6.10 Å². The average molecular weight is 207 g/mol. The molecule has 0 aromatic rings. The van der Waals surface area contributed by atoms with Crippen LogP contribution in [0.4, 0.5) is 0 Å². The van der Waals surface area contributed by atoms with E-state index in [4.69, 9.17) is 4.74 Å². The summed E-state index contributed by atoms with van der Waals surface area (Å²) in [4.78, 5) is 0.408. The molecule has 2 atom stereocenters. The third kappa shape index (κ3) is 4.07. The highest BCUT2D eigenvalue weighted by Gasteiger charge is 2.11. The predicted octanol–water partition coefficient (Wildman–Crippen LogP) is 2.75. The summed E-state index contributed by atoms with van der Waals surface area (Å²) in [6.45, 7) is 8.53. The lowest BCUT2D eigenvalue weighted by atomic mass is 10.2. The van der Waals surface area contributed by atoms with Crippen LogP contribution in [0.2, 0.25) is 0 Å². The summed E-state index contributed by atoms with van der Waals surface area (Å²) in [5.41, 5.74) is 0. The summed E-state index contributed by atoms with van der Waals surface area (Å²) >= 11 is 3.47. The maximum atomic E-state index is 5.43. The van der Waals surface area contributed by atoms with E-state index in [1.54, 1.807) is 0 Å². The van der Waals surface area contributed by atoms with Crippen LogP contribution in [0.5, 0.6) is 0 Å². The highest BCUT2D eigenvalue weighted by atomic mass is 79.9. The van der Waals surface area contributed by atoms with Crippen molar-refractivity contribution >= 4 is 15.9 Å². The minimum Gasteiger partial charge on any atom is -0.377 e. The second kappa shape index (κ2) is 5.93. The van der Waals surface area contributed by atoms with E-state index in [2.05, 4.69) is 29.4 Å². The minimum absolute atomic E-state index is 0.280. The van der Waals surface area contributed by atoms with Crippen molar-refractivity contribution in [1.29, 1.82) is 0 Å². The van der Waals surface area contributed by atoms with Crippen molar-refractivity contribution in [3.8, 4) is 0 Å². The van der Waals surface area contributed by atoms with Crippen LogP contribution in [0.15, 0.2) is 12.7 Å². The fourth-order valence-electron chi connectivity index (χ4n) is 0.766. The molecule has 0 aliphatic carbocycles. The molecule has 0 amide bonds. The molecule has 60 valence electrons. The van der Waals surface area contributed by atoms with Crippen molar-refractivity contribution in [2.24, 2.45) is 0 Å². The number of hydrogen-bond donors (Lipinski definition) is 0. The summed E-state index contributed by atoms with van der Waals surface area (Å²) in [5, 5.41) is 0. The maximum Gasteiger partial charge on any atom is 0.0731 e. The molecular formula is C8H15BrO. The van der Waals surface area contributed by atoms with E-state index in [1.165, 1.54) is 0 Å². The van der Waals surface area contributed by atoms with Crippen LogP contribution in [0.25, 0.3) is 0 Å². The van der Waals surface area contributed by atoms with Gasteiger partial charge in [-0.15, -0.1) is 6.58 Å². The monoisotopic (exact) mass is 206 g/mol. The van der Waals surface area contributed by atoms with Crippen molar-refractivity contribution in [3.05, 3.63) is 12.7 Å². The van der Waals surface area contributed by atoms with Crippen molar-refractivity contribution in [2.75, 3.05) is 6.61 Å². The van der Waals surface area contributed by atoms with Gasteiger partial charge in [0.2, 0.25) is 0 Å². The number of ether oxygens (including phenoxy) is 1. The lowest BCUT2D eigenvalue weighted by Crippen LogP contribution is -2.20. The molecule has 2 heteroatoms. The van der Waals surface area contributed by atoms with Gasteiger partial charge in [-0.25, -0.2) is 0 Å². The Morgan fingerprint density at radius 1 is 1.70 bits per heavy atom. The van der Waals surface area contributed by atoms with Crippen LogP contribution in [-0.4, -0.2) is 17.5 Å². The number of hydrogen-bond acceptors (Lipinski definition) is 1. The van der Waals surface area contributed by atoms with Gasteiger partial charge < -0.3 is 4.74 Å². The molecular weight excluding hydrogens is 192 g/mol. The molecule has 0 aliphatic rings. The van der Waals surface area contributed by atoms with Gasteiger partial charge in [0.15, 0.2) is 0 Å². The Balaban J connectivity index is 3.60. The van der Waals surface area contributed by atoms with Crippen LogP contribution in [0.3, 0.4) is 0 Å². The van der Waals surface area contributed by atoms with E-state index in [0.717, 1.165) is 13.0 Å². The topological polar surface area (TPSA) is 9.23 Å². The smallest absolute Gasteiger partial charge is 0.0731 e. The first kappa shape index (κ1) is 10.2. The van der Waals surface area contributed by atoms with Gasteiger partial charge in [-0.1, -0.05) is 28.9 Å². The van der Waals surface area contributed by atoms with Crippen LogP contribution >= 0.6 is 15.9 Å². The molecule has 1 nitrogen and oxygen atoms in total. The third-order valence-corrected chi connectivity index (χ3v) is 1.88. The van der Waals surface area contributed by atoms with Crippen LogP contribution < -0.4 is 0 Å². The van der Waals surface area contributed by atoms with E-state index in [-0.39, 0.29) is 6.10 Å². The second-order valence-corrected chi connectivity index (χ2v) is 3.64. The van der Waals surface area contributed by atoms with Gasteiger partial charge in [-0.3, -0.25) is 0 Å². The zero-order valence-electron chi connectivity index (χ0n) is 6.64. The molecule has 2 unspecified atom stereocenters. The summed E-state index contributed by atoms with van der Waals surface area (Å²) in [6, 6.07) is 0. The normalized spacial score (nSPS) is 16.3. The van der Waals surface area contributed by atoms with Crippen LogP contribution in [-0.2, 0) is 4.74 Å². The van der Waals surface area contributed by atoms with Crippen LogP contribution in [0, 0.1) is 0 Å². The quantitative estimate of drug-likeness (QED) is 0.497. The fourth-order valence-corrected chi connectivity index (χ4v) is 1.13. The number of alkyl halides is 1. The average Bonchev–Trinajstić information content (AvgIpc) is 1.87. The zero-order chi connectivity index (χ0) is 7.98. The minimum atomic E-state index is 0.280. The molecule has 10 heavy (non-hydrogen) atoms. The van der Waals surface area contributed by atoms with Crippen molar-refractivity contribution in [2.45, 2.75) is 31.2 Å². The molecule has 0 fully saturated rings. The van der Waals surface area contributed by atoms with E-state index in [1.807, 2.05) is 13.0 Å². The first-order chi connectivity index (χ1) is 4.72. The summed E-state index contributed by atoms with van der Waals surface area (Å²) in [7, 11) is 0. The number of rotatable bonds is 5. The SMILES string of the molecule is C=CCC(OCC)C(C)Br. The van der Waals surface area contributed by atoms with Crippen molar-refractivity contribution in [3.63, 3.8) is 0 Å². The highest BCUT2D eigenvalue weighted by molar-refractivity contribution is 9.09. The summed E-state index contributed by atoms with van der Waals surface area (Å²) in [6.07, 6.45) is 3.08. The van der Waals surface area contributed by atoms with E-state index < -0.39 is 0 Å². The van der Waals surface area contributed by atoms with Gasteiger partial charge in [0.1, 0.15) is 0 Å². The second-order valence-electron chi connectivity index (χ2n) is 2.20. The third-order valence-electron chi connectivity index (χ3n) is 1.29. The Labute approximate surface area is 71.6 Å². The summed E-state index contributed by atoms with van der Waals surface area (Å²) in [5.74, 6) is 0. The Hall–Kier alpha value is 0.180. The van der Waals surface area contributed by atoms with Gasteiger partial charge in [-0.2, -0.15) is 0 Å². The van der Waals surface area contributed by atoms with Gasteiger partial charge in [0.25, 0.3) is 0 Å². The Kier molecular flexibility index (Phi) is 6.03. The van der Waals surface area contributed by atoms with E-state index in [0.29, 0.717) is 4.83 Å². The highest BCUT2D eigenvalue weighted by Crippen LogP contribution is 2.12. The molecule has 0 aromatic heterocycles. The van der Waals surface area contributed by atoms with E-state index >= 15 is 0 Å². The van der Waals surface area contributed by atoms with E-state index in [9.17, 15) is 0 Å². The molecule has 0 saturated heterocycles. The zero-order valence-corrected chi connectivity index (χ0v) is 8.23. The Morgan fingerprint density at radius 2 is 2.30 bits per heavy atom. The van der Waals surface area contributed by atoms with Gasteiger partial charge in [-0.05, 0) is 13.3 Å². The Bertz CT molecular complexity index is 91.3. The van der Waals surface area contributed by atoms with Crippen molar-refractivity contribution in [1.82, 2.24) is 0 Å². The lowest BCUT2D eigenvalue weighted by Gasteiger charge is -2.17. The first-order valence-electron chi connectivity index (χ1n) is 3.59. The largest absolute Gasteiger partial charge is 0.377 e. The van der Waals surface area contributed by atoms with Gasteiger partial charge >= 0.3 is 0 Å². The molecule has 0 rings (SSSR count). The maximum absolute atomic E-state index is 5.43. The standard InChI is InChI=1S/C8H15BrO/c1-4-6-8(7(3)9)10-5-2/h4,7-8H,1,5-6H2,2-3H3. The first-order valence-corrected chi connectivity index (χ1v) is 4.50. The van der Waals surface area contributed by atoms with Crippen molar-refractivity contribution < 1.29 is 4.74 Å². The molecule has 0 heterocycles. The lowest BCUT2D eigenvalue weighted by molar-refractivity contribution is 0.0678. The molecule has 0 spiro atoms.